The summed E-state index contributed by atoms with van der Waals surface area (Å²) >= 11 is 0. The van der Waals surface area contributed by atoms with Crippen LogP contribution in [0.1, 0.15) is 48.8 Å². The van der Waals surface area contributed by atoms with Gasteiger partial charge in [-0.2, -0.15) is 10.3 Å². The molecule has 1 aliphatic carbocycles. The highest BCUT2D eigenvalue weighted by molar-refractivity contribution is 6.06. The minimum absolute atomic E-state index is 0.242. The predicted molar refractivity (Wildman–Crippen MR) is 92.2 cm³/mol. The Bertz CT molecular complexity index is 734. The van der Waals surface area contributed by atoms with E-state index in [1.807, 2.05) is 30.9 Å². The minimum Gasteiger partial charge on any atom is -0.369 e. The second kappa shape index (κ2) is 5.58. The summed E-state index contributed by atoms with van der Waals surface area (Å²) in [6.45, 7) is 3.96. The second-order valence-electron chi connectivity index (χ2n) is 6.38. The summed E-state index contributed by atoms with van der Waals surface area (Å²) in [6, 6.07) is 6.15. The van der Waals surface area contributed by atoms with E-state index < -0.39 is 5.66 Å². The molecule has 4 N–H and O–H groups in total. The molecule has 120 valence electrons. The maximum absolute atomic E-state index is 9.36. The first-order chi connectivity index (χ1) is 11.0. The average molecular weight is 310 g/mol. The smallest absolute Gasteiger partial charge is 0.220 e. The van der Waals surface area contributed by atoms with E-state index in [0.717, 1.165) is 42.5 Å². The van der Waals surface area contributed by atoms with Crippen LogP contribution in [0.3, 0.4) is 0 Å². The van der Waals surface area contributed by atoms with Gasteiger partial charge in [0.2, 0.25) is 11.9 Å². The van der Waals surface area contributed by atoms with Crippen molar-refractivity contribution in [2.24, 2.45) is 21.5 Å². The van der Waals surface area contributed by atoms with Crippen LogP contribution in [0.5, 0.6) is 0 Å². The molecule has 1 fully saturated rings. The fraction of sp³-hybridized carbons (Fsp3) is 0.471. The van der Waals surface area contributed by atoms with Crippen molar-refractivity contribution in [3.8, 4) is 6.07 Å². The largest absolute Gasteiger partial charge is 0.369 e. The molecule has 0 saturated heterocycles. The molecule has 0 atom stereocenters. The van der Waals surface area contributed by atoms with Gasteiger partial charge in [0.05, 0.1) is 17.3 Å². The van der Waals surface area contributed by atoms with Crippen LogP contribution < -0.4 is 16.4 Å². The number of hydrogen-bond donors (Lipinski definition) is 2. The number of nitriles is 1. The first-order valence-corrected chi connectivity index (χ1v) is 7.98. The summed E-state index contributed by atoms with van der Waals surface area (Å²) in [7, 11) is 0. The van der Waals surface area contributed by atoms with Crippen molar-refractivity contribution >= 4 is 17.6 Å². The molecule has 0 radical (unpaired) electrons. The summed E-state index contributed by atoms with van der Waals surface area (Å²) in [5, 5.41) is 9.36. The van der Waals surface area contributed by atoms with Crippen LogP contribution in [0.25, 0.3) is 0 Å². The molecule has 2 aliphatic rings. The molecule has 6 nitrogen and oxygen atoms in total. The number of guanidine groups is 2. The normalized spacial score (nSPS) is 20.0. The van der Waals surface area contributed by atoms with Gasteiger partial charge in [-0.15, -0.1) is 0 Å². The van der Waals surface area contributed by atoms with Gasteiger partial charge in [0.15, 0.2) is 0 Å². The molecule has 0 amide bonds. The Hall–Kier alpha value is -2.55. The highest BCUT2D eigenvalue weighted by Crippen LogP contribution is 2.40. The molecule has 1 spiro atoms. The summed E-state index contributed by atoms with van der Waals surface area (Å²) in [5.41, 5.74) is 15.2. The number of nitrogens with two attached hydrogens (primary N) is 2. The van der Waals surface area contributed by atoms with Crippen molar-refractivity contribution in [3.63, 3.8) is 0 Å². The van der Waals surface area contributed by atoms with Gasteiger partial charge in [-0.25, -0.2) is 4.99 Å². The molecular weight excluding hydrogens is 288 g/mol. The Kier molecular flexibility index (Phi) is 3.72. The van der Waals surface area contributed by atoms with Crippen LogP contribution in [0.4, 0.5) is 5.69 Å². The SMILES string of the molecule is Cc1cc(C)c(N2C(N)=NC(N)=NC23CCCCC3)cc1C#N. The van der Waals surface area contributed by atoms with Crippen LogP contribution in [-0.4, -0.2) is 17.6 Å². The highest BCUT2D eigenvalue weighted by Gasteiger charge is 2.43. The lowest BCUT2D eigenvalue weighted by Crippen LogP contribution is -2.58. The van der Waals surface area contributed by atoms with Crippen molar-refractivity contribution in [2.75, 3.05) is 4.90 Å². The molecule has 1 aliphatic heterocycles. The van der Waals surface area contributed by atoms with Gasteiger partial charge in [0.1, 0.15) is 5.66 Å². The molecule has 1 heterocycles. The first-order valence-electron chi connectivity index (χ1n) is 7.98. The van der Waals surface area contributed by atoms with Crippen molar-refractivity contribution in [3.05, 3.63) is 28.8 Å². The molecule has 3 rings (SSSR count). The predicted octanol–water partition coefficient (Wildman–Crippen LogP) is 2.28. The van der Waals surface area contributed by atoms with E-state index >= 15 is 0 Å². The van der Waals surface area contributed by atoms with Crippen LogP contribution in [0.15, 0.2) is 22.1 Å². The van der Waals surface area contributed by atoms with Gasteiger partial charge in [-0.1, -0.05) is 12.5 Å². The van der Waals surface area contributed by atoms with E-state index in [1.165, 1.54) is 6.42 Å². The highest BCUT2D eigenvalue weighted by atomic mass is 15.4. The second-order valence-corrected chi connectivity index (χ2v) is 6.38. The number of nitrogens with zero attached hydrogens (tertiary/aromatic N) is 4. The molecule has 0 aromatic heterocycles. The van der Waals surface area contributed by atoms with E-state index in [1.54, 1.807) is 0 Å². The number of benzene rings is 1. The molecule has 1 saturated carbocycles. The lowest BCUT2D eigenvalue weighted by Gasteiger charge is -2.46. The Morgan fingerprint density at radius 2 is 1.83 bits per heavy atom. The summed E-state index contributed by atoms with van der Waals surface area (Å²) in [6.07, 6.45) is 5.13. The minimum atomic E-state index is -0.471. The number of aliphatic imine (C=N–C) groups is 2. The fourth-order valence-corrected chi connectivity index (χ4v) is 3.67. The maximum Gasteiger partial charge on any atom is 0.220 e. The van der Waals surface area contributed by atoms with Gasteiger partial charge in [0.25, 0.3) is 0 Å². The van der Waals surface area contributed by atoms with Crippen molar-refractivity contribution < 1.29 is 0 Å². The molecule has 1 aromatic carbocycles. The molecule has 1 aromatic rings. The molecule has 0 bridgehead atoms. The van der Waals surface area contributed by atoms with E-state index in [0.29, 0.717) is 11.5 Å². The summed E-state index contributed by atoms with van der Waals surface area (Å²) < 4.78 is 0. The molecule has 0 unspecified atom stereocenters. The quantitative estimate of drug-likeness (QED) is 0.830. The summed E-state index contributed by atoms with van der Waals surface area (Å²) in [4.78, 5) is 10.8. The Morgan fingerprint density at radius 1 is 1.13 bits per heavy atom. The third kappa shape index (κ3) is 2.52. The van der Waals surface area contributed by atoms with Crippen molar-refractivity contribution in [2.45, 2.75) is 51.6 Å². The summed E-state index contributed by atoms with van der Waals surface area (Å²) in [5.74, 6) is 0.598. The number of rotatable bonds is 1. The number of hydrogen-bond acceptors (Lipinski definition) is 6. The van der Waals surface area contributed by atoms with Gasteiger partial charge in [-0.3, -0.25) is 4.90 Å². The standard InChI is InChI=1S/C17H22N6/c1-11-8-12(2)14(9-13(11)10-18)23-16(20)21-15(19)22-17(23)6-4-3-5-7-17/h8-9H,3-7H2,1-2H3,(H4,19,20,21,22). The third-order valence-corrected chi connectivity index (χ3v) is 4.76. The van der Waals surface area contributed by atoms with E-state index in [2.05, 4.69) is 16.1 Å². The van der Waals surface area contributed by atoms with E-state index in [9.17, 15) is 5.26 Å². The maximum atomic E-state index is 9.36. The van der Waals surface area contributed by atoms with Gasteiger partial charge in [-0.05, 0) is 56.7 Å². The fourth-order valence-electron chi connectivity index (χ4n) is 3.67. The van der Waals surface area contributed by atoms with Crippen LogP contribution in [-0.2, 0) is 0 Å². The topological polar surface area (TPSA) is 104 Å². The van der Waals surface area contributed by atoms with Gasteiger partial charge in [0, 0.05) is 0 Å². The molecule has 6 heteroatoms. The lowest BCUT2D eigenvalue weighted by atomic mass is 9.86. The van der Waals surface area contributed by atoms with Crippen molar-refractivity contribution in [1.29, 1.82) is 5.26 Å². The third-order valence-electron chi connectivity index (χ3n) is 4.76. The number of anilines is 1. The van der Waals surface area contributed by atoms with Crippen LogP contribution in [0, 0.1) is 25.2 Å². The monoisotopic (exact) mass is 310 g/mol. The van der Waals surface area contributed by atoms with Crippen LogP contribution in [0.2, 0.25) is 0 Å². The van der Waals surface area contributed by atoms with Crippen molar-refractivity contribution in [1.82, 2.24) is 0 Å². The van der Waals surface area contributed by atoms with Crippen LogP contribution >= 0.6 is 0 Å². The molecule has 23 heavy (non-hydrogen) atoms. The average Bonchev–Trinajstić information content (AvgIpc) is 2.49. The zero-order valence-corrected chi connectivity index (χ0v) is 13.6. The van der Waals surface area contributed by atoms with E-state index in [4.69, 9.17) is 11.5 Å². The van der Waals surface area contributed by atoms with E-state index in [-0.39, 0.29) is 5.96 Å². The lowest BCUT2D eigenvalue weighted by molar-refractivity contribution is 0.305. The zero-order chi connectivity index (χ0) is 16.6. The Labute approximate surface area is 136 Å². The zero-order valence-electron chi connectivity index (χ0n) is 13.6. The Morgan fingerprint density at radius 3 is 2.48 bits per heavy atom. The van der Waals surface area contributed by atoms with Gasteiger partial charge < -0.3 is 11.5 Å². The molecular formula is C17H22N6. The van der Waals surface area contributed by atoms with Gasteiger partial charge >= 0.3 is 0 Å². The number of aryl methyl sites for hydroxylation is 2. The Balaban J connectivity index is 2.16. The first kappa shape index (κ1) is 15.3.